The molecule has 1 aromatic carbocycles. The van der Waals surface area contributed by atoms with E-state index in [1.807, 2.05) is 0 Å². The Bertz CT molecular complexity index is 830. The highest BCUT2D eigenvalue weighted by atomic mass is 32.2. The van der Waals surface area contributed by atoms with Crippen LogP contribution in [0.15, 0.2) is 41.4 Å². The molecule has 3 rings (SSSR count). The summed E-state index contributed by atoms with van der Waals surface area (Å²) < 4.78 is 32.7. The molecule has 1 fully saturated rings. The predicted molar refractivity (Wildman–Crippen MR) is 94.9 cm³/mol. The molecule has 140 valence electrons. The van der Waals surface area contributed by atoms with Crippen LogP contribution >= 0.6 is 0 Å². The van der Waals surface area contributed by atoms with Gasteiger partial charge < -0.3 is 10.1 Å². The van der Waals surface area contributed by atoms with Crippen molar-refractivity contribution in [3.8, 4) is 0 Å². The molecular formula is C17H22N4O4S. The van der Waals surface area contributed by atoms with Crippen molar-refractivity contribution in [1.29, 1.82) is 0 Å². The fourth-order valence-corrected chi connectivity index (χ4v) is 3.80. The number of aromatic nitrogens is 2. The molecule has 1 saturated heterocycles. The van der Waals surface area contributed by atoms with E-state index in [-0.39, 0.29) is 17.3 Å². The Balaban J connectivity index is 1.61. The number of aromatic amines is 1. The fraction of sp³-hybridized carbons (Fsp3) is 0.412. The Morgan fingerprint density at radius 3 is 2.96 bits per heavy atom. The second-order valence-electron chi connectivity index (χ2n) is 6.23. The molecule has 1 amide bonds. The SMILES string of the molecule is O=C(NC[C@@H]1CCCOC1)c1cccc(S(=O)(=O)NCc2ccn[nH]2)c1. The van der Waals surface area contributed by atoms with Gasteiger partial charge in [0.25, 0.3) is 5.91 Å². The Morgan fingerprint density at radius 2 is 2.23 bits per heavy atom. The van der Waals surface area contributed by atoms with E-state index >= 15 is 0 Å². The summed E-state index contributed by atoms with van der Waals surface area (Å²) in [5.74, 6) is 0.0110. The third kappa shape index (κ3) is 4.90. The lowest BCUT2D eigenvalue weighted by atomic mass is 10.0. The van der Waals surface area contributed by atoms with Crippen LogP contribution in [0.5, 0.6) is 0 Å². The number of ether oxygens (including phenoxy) is 1. The van der Waals surface area contributed by atoms with Gasteiger partial charge in [0, 0.05) is 24.9 Å². The smallest absolute Gasteiger partial charge is 0.251 e. The van der Waals surface area contributed by atoms with E-state index in [4.69, 9.17) is 4.74 Å². The first-order chi connectivity index (χ1) is 12.5. The highest BCUT2D eigenvalue weighted by Crippen LogP contribution is 2.14. The van der Waals surface area contributed by atoms with Gasteiger partial charge in [-0.3, -0.25) is 9.89 Å². The van der Waals surface area contributed by atoms with Gasteiger partial charge in [0.1, 0.15) is 0 Å². The molecule has 1 atom stereocenters. The van der Waals surface area contributed by atoms with Gasteiger partial charge >= 0.3 is 0 Å². The number of amides is 1. The van der Waals surface area contributed by atoms with Gasteiger partial charge in [0.15, 0.2) is 0 Å². The van der Waals surface area contributed by atoms with Crippen LogP contribution in [0, 0.1) is 5.92 Å². The Morgan fingerprint density at radius 1 is 1.35 bits per heavy atom. The minimum absolute atomic E-state index is 0.0469. The second kappa shape index (κ2) is 8.43. The van der Waals surface area contributed by atoms with Crippen molar-refractivity contribution in [3.63, 3.8) is 0 Å². The lowest BCUT2D eigenvalue weighted by Gasteiger charge is -2.22. The van der Waals surface area contributed by atoms with Gasteiger partial charge in [-0.2, -0.15) is 5.10 Å². The maximum atomic E-state index is 12.4. The summed E-state index contributed by atoms with van der Waals surface area (Å²) in [7, 11) is -3.73. The number of hydrogen-bond donors (Lipinski definition) is 3. The molecule has 1 aliphatic heterocycles. The van der Waals surface area contributed by atoms with E-state index in [1.165, 1.54) is 12.1 Å². The second-order valence-corrected chi connectivity index (χ2v) is 7.99. The molecule has 3 N–H and O–H groups in total. The topological polar surface area (TPSA) is 113 Å². The number of hydrogen-bond acceptors (Lipinski definition) is 5. The van der Waals surface area contributed by atoms with Crippen LogP contribution < -0.4 is 10.0 Å². The molecule has 8 nitrogen and oxygen atoms in total. The Hall–Kier alpha value is -2.23. The number of benzene rings is 1. The van der Waals surface area contributed by atoms with Crippen LogP contribution in [0.3, 0.4) is 0 Å². The molecule has 2 heterocycles. The molecule has 0 saturated carbocycles. The van der Waals surface area contributed by atoms with Gasteiger partial charge in [-0.1, -0.05) is 6.07 Å². The van der Waals surface area contributed by atoms with Crippen molar-refractivity contribution in [3.05, 3.63) is 47.8 Å². The van der Waals surface area contributed by atoms with Crippen LogP contribution in [0.2, 0.25) is 0 Å². The Kier molecular flexibility index (Phi) is 6.02. The average Bonchev–Trinajstić information content (AvgIpc) is 3.19. The first-order valence-corrected chi connectivity index (χ1v) is 9.97. The molecule has 26 heavy (non-hydrogen) atoms. The highest BCUT2D eigenvalue weighted by molar-refractivity contribution is 7.89. The summed E-state index contributed by atoms with van der Waals surface area (Å²) in [6.45, 7) is 2.04. The van der Waals surface area contributed by atoms with Gasteiger partial charge in [0.2, 0.25) is 10.0 Å². The monoisotopic (exact) mass is 378 g/mol. The molecule has 0 bridgehead atoms. The number of carbonyl (C=O) groups is 1. The van der Waals surface area contributed by atoms with Gasteiger partial charge in [-0.25, -0.2) is 13.1 Å². The lowest BCUT2D eigenvalue weighted by Crippen LogP contribution is -2.33. The third-order valence-corrected chi connectivity index (χ3v) is 5.62. The van der Waals surface area contributed by atoms with Crippen molar-refractivity contribution in [2.75, 3.05) is 19.8 Å². The molecule has 0 spiro atoms. The zero-order valence-electron chi connectivity index (χ0n) is 14.3. The van der Waals surface area contributed by atoms with Crippen LogP contribution in [-0.4, -0.2) is 44.3 Å². The number of carbonyl (C=O) groups excluding carboxylic acids is 1. The number of nitrogens with one attached hydrogen (secondary N) is 3. The van der Waals surface area contributed by atoms with Crippen molar-refractivity contribution in [2.45, 2.75) is 24.3 Å². The maximum absolute atomic E-state index is 12.4. The minimum Gasteiger partial charge on any atom is -0.381 e. The third-order valence-electron chi connectivity index (χ3n) is 4.22. The van der Waals surface area contributed by atoms with Gasteiger partial charge in [0.05, 0.1) is 23.7 Å². The van der Waals surface area contributed by atoms with E-state index in [0.29, 0.717) is 30.3 Å². The zero-order chi connectivity index (χ0) is 18.4. The number of H-pyrrole nitrogens is 1. The summed E-state index contributed by atoms with van der Waals surface area (Å²) in [6.07, 6.45) is 3.56. The summed E-state index contributed by atoms with van der Waals surface area (Å²) in [6, 6.07) is 7.68. The van der Waals surface area contributed by atoms with Crippen LogP contribution in [0.4, 0.5) is 0 Å². The molecule has 1 aromatic heterocycles. The van der Waals surface area contributed by atoms with Gasteiger partial charge in [-0.15, -0.1) is 0 Å². The van der Waals surface area contributed by atoms with E-state index in [0.717, 1.165) is 19.4 Å². The summed E-state index contributed by atoms with van der Waals surface area (Å²) in [5, 5.41) is 9.31. The highest BCUT2D eigenvalue weighted by Gasteiger charge is 2.18. The summed E-state index contributed by atoms with van der Waals surface area (Å²) in [4.78, 5) is 12.4. The van der Waals surface area contributed by atoms with Crippen LogP contribution in [0.1, 0.15) is 28.9 Å². The summed E-state index contributed by atoms with van der Waals surface area (Å²) in [5.41, 5.74) is 0.961. The lowest BCUT2D eigenvalue weighted by molar-refractivity contribution is 0.0536. The molecular weight excluding hydrogens is 356 g/mol. The van der Waals surface area contributed by atoms with Crippen molar-refractivity contribution >= 4 is 15.9 Å². The molecule has 0 radical (unpaired) electrons. The first-order valence-electron chi connectivity index (χ1n) is 8.48. The molecule has 2 aromatic rings. The van der Waals surface area contributed by atoms with Crippen molar-refractivity contribution < 1.29 is 17.9 Å². The molecule has 0 unspecified atom stereocenters. The van der Waals surface area contributed by atoms with Crippen molar-refractivity contribution in [1.82, 2.24) is 20.2 Å². The van der Waals surface area contributed by atoms with E-state index < -0.39 is 10.0 Å². The molecule has 9 heteroatoms. The fourth-order valence-electron chi connectivity index (χ4n) is 2.75. The summed E-state index contributed by atoms with van der Waals surface area (Å²) >= 11 is 0. The maximum Gasteiger partial charge on any atom is 0.251 e. The number of nitrogens with zero attached hydrogens (tertiary/aromatic N) is 1. The van der Waals surface area contributed by atoms with E-state index in [1.54, 1.807) is 24.4 Å². The molecule has 0 aliphatic carbocycles. The average molecular weight is 378 g/mol. The van der Waals surface area contributed by atoms with Crippen molar-refractivity contribution in [2.24, 2.45) is 5.92 Å². The largest absolute Gasteiger partial charge is 0.381 e. The van der Waals surface area contributed by atoms with Gasteiger partial charge in [-0.05, 0) is 43.0 Å². The minimum atomic E-state index is -3.73. The first kappa shape index (κ1) is 18.6. The number of rotatable bonds is 7. The zero-order valence-corrected chi connectivity index (χ0v) is 15.1. The van der Waals surface area contributed by atoms with Crippen LogP contribution in [0.25, 0.3) is 0 Å². The molecule has 1 aliphatic rings. The quantitative estimate of drug-likeness (QED) is 0.666. The normalized spacial score (nSPS) is 17.8. The van der Waals surface area contributed by atoms with E-state index in [2.05, 4.69) is 20.2 Å². The standard InChI is InChI=1S/C17H22N4O4S/c22-17(18-10-13-3-2-8-25-12-13)14-4-1-5-16(9-14)26(23,24)20-11-15-6-7-19-21-15/h1,4-7,9,13,20H,2-3,8,10-12H2,(H,18,22)(H,19,21)/t13-/m0/s1. The van der Waals surface area contributed by atoms with E-state index in [9.17, 15) is 13.2 Å². The Labute approximate surface area is 152 Å². The predicted octanol–water partition coefficient (Wildman–Crippen LogP) is 1.04. The number of sulfonamides is 1. The van der Waals surface area contributed by atoms with Crippen LogP contribution in [-0.2, 0) is 21.3 Å².